The highest BCUT2D eigenvalue weighted by Crippen LogP contribution is 2.30. The Hall–Kier alpha value is -3.18. The van der Waals surface area contributed by atoms with Gasteiger partial charge >= 0.3 is 0 Å². The zero-order valence-electron chi connectivity index (χ0n) is 18.3. The van der Waals surface area contributed by atoms with Crippen LogP contribution in [0.4, 0.5) is 0 Å². The molecular formula is C27H28N4O. The number of para-hydroxylation sites is 1. The quantitative estimate of drug-likeness (QED) is 0.525. The van der Waals surface area contributed by atoms with E-state index in [1.807, 2.05) is 23.2 Å². The topological polar surface area (TPSA) is 52.2 Å². The Bertz CT molecular complexity index is 1290. The van der Waals surface area contributed by atoms with Gasteiger partial charge < -0.3 is 9.88 Å². The van der Waals surface area contributed by atoms with E-state index in [9.17, 15) is 4.79 Å². The van der Waals surface area contributed by atoms with Crippen molar-refractivity contribution in [1.29, 1.82) is 0 Å². The number of rotatable bonds is 3. The number of carbonyl (C=O) groups excluding carboxylic acids is 1. The average molecular weight is 425 g/mol. The average Bonchev–Trinajstić information content (AvgIpc) is 3.22. The Balaban J connectivity index is 1.15. The molecule has 2 aliphatic rings. The molecule has 0 radical (unpaired) electrons. The van der Waals surface area contributed by atoms with Crippen molar-refractivity contribution >= 4 is 27.7 Å². The van der Waals surface area contributed by atoms with E-state index in [0.29, 0.717) is 0 Å². The molecule has 4 aromatic rings. The summed E-state index contributed by atoms with van der Waals surface area (Å²) in [7, 11) is 0. The van der Waals surface area contributed by atoms with Crippen LogP contribution in [0.15, 0.2) is 54.7 Å². The number of hydrogen-bond donors (Lipinski definition) is 1. The molecule has 1 N–H and O–H groups in total. The van der Waals surface area contributed by atoms with Gasteiger partial charge in [-0.05, 0) is 61.1 Å². The molecule has 0 atom stereocenters. The molecule has 0 saturated carbocycles. The van der Waals surface area contributed by atoms with Gasteiger partial charge in [-0.3, -0.25) is 14.7 Å². The van der Waals surface area contributed by atoms with E-state index < -0.39 is 0 Å². The second-order valence-corrected chi connectivity index (χ2v) is 9.11. The van der Waals surface area contributed by atoms with Crippen LogP contribution in [-0.4, -0.2) is 51.9 Å². The molecule has 1 amide bonds. The molecule has 162 valence electrons. The lowest BCUT2D eigenvalue weighted by molar-refractivity contribution is 0.0629. The second kappa shape index (κ2) is 8.06. The summed E-state index contributed by atoms with van der Waals surface area (Å²) in [5.74, 6) is 0.157. The van der Waals surface area contributed by atoms with Crippen LogP contribution in [0.3, 0.4) is 0 Å². The van der Waals surface area contributed by atoms with Crippen LogP contribution in [-0.2, 0) is 19.4 Å². The van der Waals surface area contributed by atoms with E-state index in [1.165, 1.54) is 46.0 Å². The van der Waals surface area contributed by atoms with Crippen molar-refractivity contribution in [3.8, 4) is 0 Å². The van der Waals surface area contributed by atoms with Gasteiger partial charge in [0.15, 0.2) is 0 Å². The van der Waals surface area contributed by atoms with Crippen molar-refractivity contribution in [2.45, 2.75) is 32.2 Å². The first-order valence-electron chi connectivity index (χ1n) is 11.7. The van der Waals surface area contributed by atoms with Crippen molar-refractivity contribution < 1.29 is 4.79 Å². The molecule has 0 spiro atoms. The molecule has 6 rings (SSSR count). The van der Waals surface area contributed by atoms with Gasteiger partial charge in [0.25, 0.3) is 5.91 Å². The molecule has 1 saturated heterocycles. The number of piperazine rings is 1. The number of nitrogens with one attached hydrogen (secondary N) is 1. The fourth-order valence-corrected chi connectivity index (χ4v) is 5.37. The maximum absolute atomic E-state index is 13.3. The molecule has 5 heteroatoms. The maximum atomic E-state index is 13.3. The van der Waals surface area contributed by atoms with Crippen LogP contribution in [0.5, 0.6) is 0 Å². The molecule has 2 aromatic carbocycles. The third-order valence-electron chi connectivity index (χ3n) is 7.11. The Morgan fingerprint density at radius 2 is 1.81 bits per heavy atom. The van der Waals surface area contributed by atoms with Crippen molar-refractivity contribution in [3.05, 3.63) is 77.1 Å². The predicted molar refractivity (Wildman–Crippen MR) is 128 cm³/mol. The molecule has 0 unspecified atom stereocenters. The number of benzene rings is 2. The summed E-state index contributed by atoms with van der Waals surface area (Å²) in [6.07, 6.45) is 6.61. The Labute approximate surface area is 188 Å². The summed E-state index contributed by atoms with van der Waals surface area (Å²) in [4.78, 5) is 25.9. The standard InChI is InChI=1S/C27H28N4O/c32-27(20-10-11-25-23(17-20)22-8-1-2-9-24(22)29-25)31-15-13-30(14-16-31)18-21-6-3-5-19-7-4-12-28-26(19)21/h3-7,10-12,17,29H,1-2,8-9,13-16,18H2. The van der Waals surface area contributed by atoms with E-state index in [2.05, 4.69) is 51.3 Å². The normalized spacial score (nSPS) is 17.1. The summed E-state index contributed by atoms with van der Waals surface area (Å²) >= 11 is 0. The Morgan fingerprint density at radius 1 is 0.969 bits per heavy atom. The summed E-state index contributed by atoms with van der Waals surface area (Å²) in [6.45, 7) is 4.17. The third kappa shape index (κ3) is 3.47. The van der Waals surface area contributed by atoms with Crippen LogP contribution < -0.4 is 0 Å². The molecule has 2 aromatic heterocycles. The van der Waals surface area contributed by atoms with Crippen molar-refractivity contribution in [3.63, 3.8) is 0 Å². The van der Waals surface area contributed by atoms with Crippen LogP contribution in [0, 0.1) is 0 Å². The summed E-state index contributed by atoms with van der Waals surface area (Å²) in [5.41, 5.74) is 7.11. The highest BCUT2D eigenvalue weighted by molar-refractivity contribution is 5.99. The van der Waals surface area contributed by atoms with Crippen molar-refractivity contribution in [2.24, 2.45) is 0 Å². The first-order chi connectivity index (χ1) is 15.8. The van der Waals surface area contributed by atoms with Crippen molar-refractivity contribution in [1.82, 2.24) is 19.8 Å². The van der Waals surface area contributed by atoms with E-state index >= 15 is 0 Å². The molecule has 1 aliphatic carbocycles. The molecular weight excluding hydrogens is 396 g/mol. The van der Waals surface area contributed by atoms with Crippen LogP contribution in [0.25, 0.3) is 21.8 Å². The zero-order chi connectivity index (χ0) is 21.5. The minimum absolute atomic E-state index is 0.157. The maximum Gasteiger partial charge on any atom is 0.253 e. The smallest absolute Gasteiger partial charge is 0.253 e. The highest BCUT2D eigenvalue weighted by Gasteiger charge is 2.24. The van der Waals surface area contributed by atoms with Crippen LogP contribution >= 0.6 is 0 Å². The van der Waals surface area contributed by atoms with E-state index in [1.54, 1.807) is 0 Å². The molecule has 3 heterocycles. The zero-order valence-corrected chi connectivity index (χ0v) is 18.3. The fourth-order valence-electron chi connectivity index (χ4n) is 5.37. The van der Waals surface area contributed by atoms with Crippen molar-refractivity contribution in [2.75, 3.05) is 26.2 Å². The number of H-pyrrole nitrogens is 1. The molecule has 32 heavy (non-hydrogen) atoms. The number of amides is 1. The monoisotopic (exact) mass is 424 g/mol. The van der Waals surface area contributed by atoms with Gasteiger partial charge in [-0.25, -0.2) is 0 Å². The molecule has 0 bridgehead atoms. The lowest BCUT2D eigenvalue weighted by Gasteiger charge is -2.35. The summed E-state index contributed by atoms with van der Waals surface area (Å²) in [5, 5.41) is 2.42. The van der Waals surface area contributed by atoms with E-state index in [0.717, 1.165) is 56.6 Å². The first kappa shape index (κ1) is 19.5. The van der Waals surface area contributed by atoms with Gasteiger partial charge in [0.05, 0.1) is 5.52 Å². The number of pyridine rings is 1. The van der Waals surface area contributed by atoms with Crippen LogP contribution in [0.2, 0.25) is 0 Å². The summed E-state index contributed by atoms with van der Waals surface area (Å²) < 4.78 is 0. The second-order valence-electron chi connectivity index (χ2n) is 9.11. The van der Waals surface area contributed by atoms with Gasteiger partial charge in [0.2, 0.25) is 0 Å². The molecule has 1 fully saturated rings. The van der Waals surface area contributed by atoms with Gasteiger partial charge in [-0.2, -0.15) is 0 Å². The van der Waals surface area contributed by atoms with E-state index in [4.69, 9.17) is 0 Å². The van der Waals surface area contributed by atoms with Gasteiger partial charge in [0, 0.05) is 66.5 Å². The molecule has 1 aliphatic heterocycles. The lowest BCUT2D eigenvalue weighted by Crippen LogP contribution is -2.48. The van der Waals surface area contributed by atoms with E-state index in [-0.39, 0.29) is 5.91 Å². The Kier molecular flexibility index (Phi) is 4.91. The minimum atomic E-state index is 0.157. The number of hydrogen-bond acceptors (Lipinski definition) is 3. The minimum Gasteiger partial charge on any atom is -0.358 e. The highest BCUT2D eigenvalue weighted by atomic mass is 16.2. The van der Waals surface area contributed by atoms with Crippen LogP contribution in [0.1, 0.15) is 40.0 Å². The Morgan fingerprint density at radius 3 is 2.72 bits per heavy atom. The first-order valence-corrected chi connectivity index (χ1v) is 11.7. The van der Waals surface area contributed by atoms with Gasteiger partial charge in [-0.1, -0.05) is 24.3 Å². The number of carbonyl (C=O) groups is 1. The third-order valence-corrected chi connectivity index (χ3v) is 7.11. The largest absolute Gasteiger partial charge is 0.358 e. The fraction of sp³-hybridized carbons (Fsp3) is 0.333. The van der Waals surface area contributed by atoms with Gasteiger partial charge in [0.1, 0.15) is 0 Å². The number of aryl methyl sites for hydroxylation is 2. The molecule has 5 nitrogen and oxygen atoms in total. The van der Waals surface area contributed by atoms with Gasteiger partial charge in [-0.15, -0.1) is 0 Å². The number of fused-ring (bicyclic) bond motifs is 4. The number of nitrogens with zero attached hydrogens (tertiary/aromatic N) is 3. The summed E-state index contributed by atoms with van der Waals surface area (Å²) in [6, 6.07) is 16.7. The number of aromatic nitrogens is 2. The lowest BCUT2D eigenvalue weighted by atomic mass is 9.95. The number of aromatic amines is 1. The SMILES string of the molecule is O=C(c1ccc2[nH]c3c(c2c1)CCCC3)N1CCN(Cc2cccc3cccnc23)CC1. The predicted octanol–water partition coefficient (Wildman–Crippen LogP) is 4.55.